The fourth-order valence-electron chi connectivity index (χ4n) is 2.29. The van der Waals surface area contributed by atoms with E-state index in [-0.39, 0.29) is 29.9 Å². The van der Waals surface area contributed by atoms with Crippen molar-refractivity contribution in [3.8, 4) is 11.5 Å². The first kappa shape index (κ1) is 21.5. The highest BCUT2D eigenvalue weighted by atomic mass is 35.5. The summed E-state index contributed by atoms with van der Waals surface area (Å²) in [6.45, 7) is 2.28. The maximum atomic E-state index is 12.5. The molecular weight excluding hydrogens is 408 g/mol. The summed E-state index contributed by atoms with van der Waals surface area (Å²) in [6, 6.07) is 10.5. The second-order valence-corrected chi connectivity index (χ2v) is 8.64. The van der Waals surface area contributed by atoms with Crippen LogP contribution in [0.15, 0.2) is 51.2 Å². The van der Waals surface area contributed by atoms with E-state index in [9.17, 15) is 8.42 Å². The predicted molar refractivity (Wildman–Crippen MR) is 108 cm³/mol. The van der Waals surface area contributed by atoms with Crippen LogP contribution in [0, 0.1) is 0 Å². The Bertz CT molecular complexity index is 958. The van der Waals surface area contributed by atoms with E-state index in [0.29, 0.717) is 23.7 Å². The van der Waals surface area contributed by atoms with Gasteiger partial charge in [-0.1, -0.05) is 17.3 Å². The number of nitrogens with zero attached hydrogens (tertiary/aromatic N) is 2. The van der Waals surface area contributed by atoms with E-state index < -0.39 is 10.0 Å². The summed E-state index contributed by atoms with van der Waals surface area (Å²) >= 11 is 1.50. The molecule has 7 nitrogen and oxygen atoms in total. The van der Waals surface area contributed by atoms with Gasteiger partial charge in [0.2, 0.25) is 10.0 Å². The third-order valence-electron chi connectivity index (χ3n) is 3.86. The molecule has 1 unspecified atom stereocenters. The molecule has 0 aliphatic rings. The predicted octanol–water partition coefficient (Wildman–Crippen LogP) is 2.85. The third-order valence-corrected chi connectivity index (χ3v) is 6.13. The van der Waals surface area contributed by atoms with Crippen molar-refractivity contribution in [2.24, 2.45) is 0 Å². The van der Waals surface area contributed by atoms with Gasteiger partial charge in [0.15, 0.2) is 5.82 Å². The monoisotopic (exact) mass is 428 g/mol. The van der Waals surface area contributed by atoms with E-state index in [1.807, 2.05) is 31.5 Å². The summed E-state index contributed by atoms with van der Waals surface area (Å²) in [5.41, 5.74) is 0.569. The van der Waals surface area contributed by atoms with Gasteiger partial charge in [0.25, 0.3) is 5.89 Å². The van der Waals surface area contributed by atoms with Crippen molar-refractivity contribution in [2.45, 2.75) is 30.8 Å². The number of thiophene rings is 1. The highest BCUT2D eigenvalue weighted by Gasteiger charge is 2.17. The Kier molecular flexibility index (Phi) is 7.51. The summed E-state index contributed by atoms with van der Waals surface area (Å²) in [5.74, 6) is 0.879. The molecule has 2 heterocycles. The van der Waals surface area contributed by atoms with Crippen LogP contribution in [0.2, 0.25) is 0 Å². The summed E-state index contributed by atoms with van der Waals surface area (Å²) in [4.78, 5) is 5.46. The minimum Gasteiger partial charge on any atom is -0.334 e. The molecule has 0 amide bonds. The summed E-state index contributed by atoms with van der Waals surface area (Å²) in [7, 11) is -1.76. The molecular formula is C17H21ClN4O3S2. The second kappa shape index (κ2) is 9.43. The zero-order valence-electron chi connectivity index (χ0n) is 14.9. The van der Waals surface area contributed by atoms with Crippen LogP contribution in [0.25, 0.3) is 11.5 Å². The van der Waals surface area contributed by atoms with E-state index in [1.54, 1.807) is 18.2 Å². The van der Waals surface area contributed by atoms with Crippen LogP contribution < -0.4 is 10.0 Å². The van der Waals surface area contributed by atoms with Gasteiger partial charge in [0, 0.05) is 29.4 Å². The minimum absolute atomic E-state index is 0. The first-order valence-electron chi connectivity index (χ1n) is 8.10. The van der Waals surface area contributed by atoms with Crippen molar-refractivity contribution < 1.29 is 12.9 Å². The number of rotatable bonds is 8. The number of hydrogen-bond acceptors (Lipinski definition) is 7. The first-order chi connectivity index (χ1) is 12.5. The highest BCUT2D eigenvalue weighted by molar-refractivity contribution is 7.89. The smallest absolute Gasteiger partial charge is 0.257 e. The minimum atomic E-state index is -3.63. The van der Waals surface area contributed by atoms with E-state index in [1.165, 1.54) is 17.4 Å². The molecule has 146 valence electrons. The molecule has 0 saturated heterocycles. The molecule has 1 aromatic carbocycles. The number of benzene rings is 1. The average Bonchev–Trinajstić information content (AvgIpc) is 3.32. The van der Waals surface area contributed by atoms with E-state index in [2.05, 4.69) is 20.2 Å². The van der Waals surface area contributed by atoms with Crippen molar-refractivity contribution in [1.29, 1.82) is 0 Å². The van der Waals surface area contributed by atoms with Gasteiger partial charge in [-0.25, -0.2) is 13.1 Å². The molecule has 27 heavy (non-hydrogen) atoms. The molecule has 1 atom stereocenters. The summed E-state index contributed by atoms with van der Waals surface area (Å²) < 4.78 is 32.9. The standard InChI is InChI=1S/C17H20N4O3S2.ClH/c1-12(18-2)9-16-20-17(24-21-16)13-5-3-7-15(10-13)26(22,23)19-11-14-6-4-8-25-14;/h3-8,10,12,18-19H,9,11H2,1-2H3;1H. The summed E-state index contributed by atoms with van der Waals surface area (Å²) in [5, 5.41) is 8.97. The van der Waals surface area contributed by atoms with Crippen molar-refractivity contribution in [3.05, 3.63) is 52.5 Å². The first-order valence-corrected chi connectivity index (χ1v) is 10.5. The lowest BCUT2D eigenvalue weighted by atomic mass is 10.2. The molecule has 3 rings (SSSR count). The van der Waals surface area contributed by atoms with Crippen molar-refractivity contribution >= 4 is 33.8 Å². The Hall–Kier alpha value is -1.78. The van der Waals surface area contributed by atoms with Crippen molar-refractivity contribution in [3.63, 3.8) is 0 Å². The molecule has 0 radical (unpaired) electrons. The molecule has 3 aromatic rings. The Labute approximate surface area is 168 Å². The Morgan fingerprint density at radius 3 is 2.78 bits per heavy atom. The number of sulfonamides is 1. The lowest BCUT2D eigenvalue weighted by Gasteiger charge is -2.06. The summed E-state index contributed by atoms with van der Waals surface area (Å²) in [6.07, 6.45) is 0.625. The van der Waals surface area contributed by atoms with E-state index >= 15 is 0 Å². The van der Waals surface area contributed by atoms with Crippen molar-refractivity contribution in [1.82, 2.24) is 20.2 Å². The van der Waals surface area contributed by atoms with Crippen LogP contribution in [-0.4, -0.2) is 31.6 Å². The number of hydrogen-bond donors (Lipinski definition) is 2. The zero-order chi connectivity index (χ0) is 18.6. The highest BCUT2D eigenvalue weighted by Crippen LogP contribution is 2.21. The molecule has 2 aromatic heterocycles. The largest absolute Gasteiger partial charge is 0.334 e. The quantitative estimate of drug-likeness (QED) is 0.572. The van der Waals surface area contributed by atoms with Gasteiger partial charge in [-0.2, -0.15) is 4.98 Å². The molecule has 10 heteroatoms. The Balaban J connectivity index is 0.00000261. The molecule has 0 aliphatic heterocycles. The fraction of sp³-hybridized carbons (Fsp3) is 0.294. The van der Waals surface area contributed by atoms with Gasteiger partial charge >= 0.3 is 0 Å². The van der Waals surface area contributed by atoms with E-state index in [0.717, 1.165) is 4.88 Å². The molecule has 0 saturated carbocycles. The number of halogens is 1. The van der Waals surface area contributed by atoms with Crippen LogP contribution in [0.5, 0.6) is 0 Å². The van der Waals surface area contributed by atoms with Gasteiger partial charge in [-0.05, 0) is 43.6 Å². The Morgan fingerprint density at radius 2 is 2.07 bits per heavy atom. The molecule has 0 spiro atoms. The van der Waals surface area contributed by atoms with Gasteiger partial charge < -0.3 is 9.84 Å². The van der Waals surface area contributed by atoms with Crippen LogP contribution >= 0.6 is 23.7 Å². The van der Waals surface area contributed by atoms with Gasteiger partial charge in [0.05, 0.1) is 4.90 Å². The molecule has 0 fully saturated rings. The van der Waals surface area contributed by atoms with Gasteiger partial charge in [-0.3, -0.25) is 0 Å². The van der Waals surface area contributed by atoms with Gasteiger partial charge in [-0.15, -0.1) is 23.7 Å². The average molecular weight is 429 g/mol. The molecule has 0 aliphatic carbocycles. The fourth-order valence-corrected chi connectivity index (χ4v) is 4.08. The number of likely N-dealkylation sites (N-methyl/N-ethyl adjacent to an activating group) is 1. The SMILES string of the molecule is CNC(C)Cc1noc(-c2cccc(S(=O)(=O)NCc3cccs3)c2)n1.Cl. The topological polar surface area (TPSA) is 97.1 Å². The Morgan fingerprint density at radius 1 is 1.26 bits per heavy atom. The van der Waals surface area contributed by atoms with Crippen LogP contribution in [0.3, 0.4) is 0 Å². The third kappa shape index (κ3) is 5.60. The van der Waals surface area contributed by atoms with Crippen LogP contribution in [0.1, 0.15) is 17.6 Å². The number of aromatic nitrogens is 2. The molecule has 0 bridgehead atoms. The number of nitrogens with one attached hydrogen (secondary N) is 2. The normalized spacial score (nSPS) is 12.5. The lowest BCUT2D eigenvalue weighted by molar-refractivity contribution is 0.418. The lowest BCUT2D eigenvalue weighted by Crippen LogP contribution is -2.24. The maximum Gasteiger partial charge on any atom is 0.257 e. The van der Waals surface area contributed by atoms with Gasteiger partial charge in [0.1, 0.15) is 0 Å². The van der Waals surface area contributed by atoms with E-state index in [4.69, 9.17) is 4.52 Å². The maximum absolute atomic E-state index is 12.5. The van der Waals surface area contributed by atoms with Crippen molar-refractivity contribution in [2.75, 3.05) is 7.05 Å². The molecule has 2 N–H and O–H groups in total. The van der Waals surface area contributed by atoms with Crippen LogP contribution in [0.4, 0.5) is 0 Å². The second-order valence-electron chi connectivity index (χ2n) is 5.84. The zero-order valence-corrected chi connectivity index (χ0v) is 17.3. The van der Waals surface area contributed by atoms with Crippen LogP contribution in [-0.2, 0) is 23.0 Å².